The van der Waals surface area contributed by atoms with Gasteiger partial charge < -0.3 is 16.4 Å². The number of carbonyl (C=O) groups excluding carboxylic acids is 2. The van der Waals surface area contributed by atoms with E-state index in [0.717, 1.165) is 11.3 Å². The van der Waals surface area contributed by atoms with Crippen LogP contribution in [0.15, 0.2) is 36.9 Å². The Morgan fingerprint density at radius 2 is 2.05 bits per heavy atom. The molecule has 8 heteroatoms. The van der Waals surface area contributed by atoms with Gasteiger partial charge in [0.15, 0.2) is 0 Å². The molecule has 0 spiro atoms. The number of hydrogen-bond acceptors (Lipinski definition) is 4. The summed E-state index contributed by atoms with van der Waals surface area (Å²) in [5.41, 5.74) is 6.84. The van der Waals surface area contributed by atoms with Crippen LogP contribution in [0.5, 0.6) is 0 Å². The lowest BCUT2D eigenvalue weighted by Crippen LogP contribution is -2.38. The van der Waals surface area contributed by atoms with Gasteiger partial charge in [-0.1, -0.05) is 12.1 Å². The summed E-state index contributed by atoms with van der Waals surface area (Å²) < 4.78 is 1.65. The van der Waals surface area contributed by atoms with Crippen molar-refractivity contribution >= 4 is 11.9 Å². The number of hydrogen-bond donors (Lipinski definition) is 3. The van der Waals surface area contributed by atoms with Gasteiger partial charge in [0.05, 0.1) is 11.7 Å². The van der Waals surface area contributed by atoms with Crippen LogP contribution in [0.1, 0.15) is 24.9 Å². The first-order valence-corrected chi connectivity index (χ1v) is 6.84. The Morgan fingerprint density at radius 3 is 2.64 bits per heavy atom. The maximum Gasteiger partial charge on any atom is 0.315 e. The molecule has 0 bridgehead atoms. The largest absolute Gasteiger partial charge is 0.370 e. The first-order valence-electron chi connectivity index (χ1n) is 6.84. The average molecular weight is 302 g/mol. The summed E-state index contributed by atoms with van der Waals surface area (Å²) in [6, 6.07) is 7.10. The Hall–Kier alpha value is -2.90. The molecular weight excluding hydrogens is 284 g/mol. The molecule has 1 aromatic heterocycles. The van der Waals surface area contributed by atoms with E-state index >= 15 is 0 Å². The lowest BCUT2D eigenvalue weighted by atomic mass is 10.1. The molecule has 2 aromatic rings. The standard InChI is InChI=1S/C14H18N6O2/c1-10(19-14(22)17-7-6-13(15)21)11-2-4-12(5-3-11)20-9-16-8-18-20/h2-5,8-10H,6-7H2,1H3,(H2,15,21)(H2,17,19,22). The van der Waals surface area contributed by atoms with Crippen LogP contribution in [-0.2, 0) is 4.79 Å². The topological polar surface area (TPSA) is 115 Å². The van der Waals surface area contributed by atoms with Crippen molar-refractivity contribution in [2.45, 2.75) is 19.4 Å². The molecule has 0 radical (unpaired) electrons. The summed E-state index contributed by atoms with van der Waals surface area (Å²) in [5, 5.41) is 9.41. The van der Waals surface area contributed by atoms with Crippen LogP contribution < -0.4 is 16.4 Å². The van der Waals surface area contributed by atoms with Crippen molar-refractivity contribution in [1.29, 1.82) is 0 Å². The zero-order valence-corrected chi connectivity index (χ0v) is 12.2. The van der Waals surface area contributed by atoms with E-state index in [1.807, 2.05) is 31.2 Å². The highest BCUT2D eigenvalue weighted by molar-refractivity contribution is 5.77. The van der Waals surface area contributed by atoms with Gasteiger partial charge in [-0.2, -0.15) is 5.10 Å². The van der Waals surface area contributed by atoms with Crippen LogP contribution in [0, 0.1) is 0 Å². The molecule has 2 rings (SSSR count). The Morgan fingerprint density at radius 1 is 1.32 bits per heavy atom. The Balaban J connectivity index is 1.88. The molecule has 4 N–H and O–H groups in total. The van der Waals surface area contributed by atoms with E-state index in [-0.39, 0.29) is 25.0 Å². The van der Waals surface area contributed by atoms with Crippen molar-refractivity contribution in [1.82, 2.24) is 25.4 Å². The molecule has 0 aliphatic rings. The van der Waals surface area contributed by atoms with Gasteiger partial charge in [-0.25, -0.2) is 14.5 Å². The summed E-state index contributed by atoms with van der Waals surface area (Å²) >= 11 is 0. The highest BCUT2D eigenvalue weighted by Crippen LogP contribution is 2.14. The first kappa shape index (κ1) is 15.5. The number of rotatable bonds is 6. The van der Waals surface area contributed by atoms with Crippen LogP contribution >= 0.6 is 0 Å². The van der Waals surface area contributed by atoms with Crippen molar-refractivity contribution in [3.05, 3.63) is 42.5 Å². The molecule has 0 saturated heterocycles. The number of amides is 3. The van der Waals surface area contributed by atoms with Crippen LogP contribution in [0.3, 0.4) is 0 Å². The second-order valence-electron chi connectivity index (χ2n) is 4.77. The van der Waals surface area contributed by atoms with Gasteiger partial charge in [0.1, 0.15) is 12.7 Å². The van der Waals surface area contributed by atoms with E-state index < -0.39 is 5.91 Å². The zero-order chi connectivity index (χ0) is 15.9. The summed E-state index contributed by atoms with van der Waals surface area (Å²) in [5.74, 6) is -0.447. The van der Waals surface area contributed by atoms with Crippen LogP contribution in [-0.4, -0.2) is 33.2 Å². The molecule has 0 aliphatic heterocycles. The molecular formula is C14H18N6O2. The number of nitrogens with zero attached hydrogens (tertiary/aromatic N) is 3. The van der Waals surface area contributed by atoms with Gasteiger partial charge in [-0.05, 0) is 24.6 Å². The van der Waals surface area contributed by atoms with E-state index in [2.05, 4.69) is 20.7 Å². The lowest BCUT2D eigenvalue weighted by molar-refractivity contribution is -0.117. The highest BCUT2D eigenvalue weighted by Gasteiger charge is 2.09. The first-order chi connectivity index (χ1) is 10.6. The molecule has 3 amide bonds. The summed E-state index contributed by atoms with van der Waals surface area (Å²) in [4.78, 5) is 26.1. The lowest BCUT2D eigenvalue weighted by Gasteiger charge is -2.15. The second kappa shape index (κ2) is 7.21. The molecule has 116 valence electrons. The molecule has 8 nitrogen and oxygen atoms in total. The monoisotopic (exact) mass is 302 g/mol. The van der Waals surface area contributed by atoms with Crippen molar-refractivity contribution in [3.63, 3.8) is 0 Å². The second-order valence-corrected chi connectivity index (χ2v) is 4.77. The van der Waals surface area contributed by atoms with E-state index in [0.29, 0.717) is 0 Å². The van der Waals surface area contributed by atoms with Crippen LogP contribution in [0.25, 0.3) is 5.69 Å². The van der Waals surface area contributed by atoms with Gasteiger partial charge in [-0.3, -0.25) is 4.79 Å². The summed E-state index contributed by atoms with van der Waals surface area (Å²) in [6.07, 6.45) is 3.20. The van der Waals surface area contributed by atoms with Gasteiger partial charge in [-0.15, -0.1) is 0 Å². The van der Waals surface area contributed by atoms with Gasteiger partial charge >= 0.3 is 6.03 Å². The van der Waals surface area contributed by atoms with E-state index in [1.54, 1.807) is 11.0 Å². The third kappa shape index (κ3) is 4.30. The third-order valence-electron chi connectivity index (χ3n) is 3.08. The maximum atomic E-state index is 11.7. The van der Waals surface area contributed by atoms with Gasteiger partial charge in [0.2, 0.25) is 5.91 Å². The highest BCUT2D eigenvalue weighted by atomic mass is 16.2. The average Bonchev–Trinajstić information content (AvgIpc) is 3.01. The molecule has 0 saturated carbocycles. The van der Waals surface area contributed by atoms with E-state index in [4.69, 9.17) is 5.73 Å². The fourth-order valence-corrected chi connectivity index (χ4v) is 1.89. The van der Waals surface area contributed by atoms with Crippen molar-refractivity contribution < 1.29 is 9.59 Å². The minimum atomic E-state index is -0.447. The number of aromatic nitrogens is 3. The van der Waals surface area contributed by atoms with Crippen LogP contribution in [0.4, 0.5) is 4.79 Å². The minimum absolute atomic E-state index is 0.119. The van der Waals surface area contributed by atoms with Crippen molar-refractivity contribution in [2.75, 3.05) is 6.54 Å². The van der Waals surface area contributed by atoms with Crippen LogP contribution in [0.2, 0.25) is 0 Å². The normalized spacial score (nSPS) is 11.7. The number of benzene rings is 1. The Bertz CT molecular complexity index is 623. The molecule has 0 fully saturated rings. The smallest absolute Gasteiger partial charge is 0.315 e. The quantitative estimate of drug-likeness (QED) is 0.720. The zero-order valence-electron chi connectivity index (χ0n) is 12.2. The SMILES string of the molecule is CC(NC(=O)NCCC(N)=O)c1ccc(-n2cncn2)cc1. The number of nitrogens with two attached hydrogens (primary N) is 1. The van der Waals surface area contributed by atoms with E-state index in [9.17, 15) is 9.59 Å². The maximum absolute atomic E-state index is 11.7. The fraction of sp³-hybridized carbons (Fsp3) is 0.286. The number of nitrogens with one attached hydrogen (secondary N) is 2. The molecule has 0 aliphatic carbocycles. The predicted octanol–water partition coefficient (Wildman–Crippen LogP) is 0.503. The van der Waals surface area contributed by atoms with Crippen molar-refractivity contribution in [2.24, 2.45) is 5.73 Å². The van der Waals surface area contributed by atoms with Crippen molar-refractivity contribution in [3.8, 4) is 5.69 Å². The Kier molecular flexibility index (Phi) is 5.07. The molecule has 22 heavy (non-hydrogen) atoms. The molecule has 1 unspecified atom stereocenters. The number of carbonyl (C=O) groups is 2. The van der Waals surface area contributed by atoms with Gasteiger partial charge in [0.25, 0.3) is 0 Å². The molecule has 1 atom stereocenters. The molecule has 1 aromatic carbocycles. The predicted molar refractivity (Wildman–Crippen MR) is 80.1 cm³/mol. The summed E-state index contributed by atoms with van der Waals surface area (Å²) in [7, 11) is 0. The van der Waals surface area contributed by atoms with Gasteiger partial charge in [0, 0.05) is 13.0 Å². The minimum Gasteiger partial charge on any atom is -0.370 e. The van der Waals surface area contributed by atoms with E-state index in [1.165, 1.54) is 6.33 Å². The Labute approximate surface area is 127 Å². The number of primary amides is 1. The third-order valence-corrected chi connectivity index (χ3v) is 3.08. The molecule has 1 heterocycles. The fourth-order valence-electron chi connectivity index (χ4n) is 1.89. The number of urea groups is 1. The summed E-state index contributed by atoms with van der Waals surface area (Å²) in [6.45, 7) is 2.09.